The van der Waals surface area contributed by atoms with Gasteiger partial charge in [0.25, 0.3) is 11.1 Å². The summed E-state index contributed by atoms with van der Waals surface area (Å²) < 4.78 is 5.37. The van der Waals surface area contributed by atoms with E-state index < -0.39 is 11.1 Å². The van der Waals surface area contributed by atoms with Gasteiger partial charge in [-0.25, -0.2) is 0 Å². The molecule has 0 radical (unpaired) electrons. The van der Waals surface area contributed by atoms with E-state index in [1.165, 1.54) is 6.08 Å². The Kier molecular flexibility index (Phi) is 5.07. The normalized spacial score (nSPS) is 16.7. The number of nitrogens with zero attached hydrogens (tertiary/aromatic N) is 2. The molecule has 6 nitrogen and oxygen atoms in total. The van der Waals surface area contributed by atoms with Gasteiger partial charge in [0, 0.05) is 19.2 Å². The molecule has 2 heterocycles. The number of carbonyl (C=O) groups is 3. The summed E-state index contributed by atoms with van der Waals surface area (Å²) in [5.41, 5.74) is 0. The van der Waals surface area contributed by atoms with Crippen LogP contribution in [0.15, 0.2) is 21.5 Å². The van der Waals surface area contributed by atoms with E-state index in [-0.39, 0.29) is 17.4 Å². The van der Waals surface area contributed by atoms with Gasteiger partial charge >= 0.3 is 0 Å². The molecule has 1 aromatic rings. The van der Waals surface area contributed by atoms with Crippen LogP contribution in [-0.4, -0.2) is 46.5 Å². The molecule has 0 spiro atoms. The molecule has 1 aliphatic heterocycles. The van der Waals surface area contributed by atoms with Crippen molar-refractivity contribution in [3.05, 3.63) is 28.6 Å². The molecule has 0 N–H and O–H groups in total. The average molecular weight is 322 g/mol. The second-order valence-electron chi connectivity index (χ2n) is 4.78. The van der Waals surface area contributed by atoms with Gasteiger partial charge in [-0.05, 0) is 44.7 Å². The van der Waals surface area contributed by atoms with Crippen molar-refractivity contribution in [1.29, 1.82) is 0 Å². The summed E-state index contributed by atoms with van der Waals surface area (Å²) in [5, 5.41) is -0.431. The zero-order valence-electron chi connectivity index (χ0n) is 12.8. The van der Waals surface area contributed by atoms with Crippen molar-refractivity contribution in [2.45, 2.75) is 20.8 Å². The van der Waals surface area contributed by atoms with Crippen molar-refractivity contribution in [1.82, 2.24) is 9.80 Å². The highest BCUT2D eigenvalue weighted by Gasteiger charge is 2.37. The summed E-state index contributed by atoms with van der Waals surface area (Å²) in [4.78, 5) is 39.1. The van der Waals surface area contributed by atoms with Crippen molar-refractivity contribution >= 4 is 34.9 Å². The van der Waals surface area contributed by atoms with Gasteiger partial charge < -0.3 is 9.32 Å². The number of carbonyl (C=O) groups excluding carboxylic acids is 3. The fraction of sp³-hybridized carbons (Fsp3) is 0.400. The van der Waals surface area contributed by atoms with E-state index in [0.29, 0.717) is 18.8 Å². The lowest BCUT2D eigenvalue weighted by Crippen LogP contribution is -2.41. The van der Waals surface area contributed by atoms with E-state index in [0.717, 1.165) is 22.4 Å². The first kappa shape index (κ1) is 16.4. The Hall–Kier alpha value is -2.02. The van der Waals surface area contributed by atoms with Crippen molar-refractivity contribution in [3.63, 3.8) is 0 Å². The first-order chi connectivity index (χ1) is 10.5. The molecule has 0 saturated carbocycles. The minimum atomic E-state index is -0.454. The van der Waals surface area contributed by atoms with E-state index in [1.54, 1.807) is 24.0 Å². The van der Waals surface area contributed by atoms with E-state index >= 15 is 0 Å². The predicted molar refractivity (Wildman–Crippen MR) is 84.1 cm³/mol. The molecule has 0 bridgehead atoms. The molecule has 1 aliphatic rings. The number of furan rings is 1. The minimum absolute atomic E-state index is 0.221. The van der Waals surface area contributed by atoms with Crippen LogP contribution in [0.25, 0.3) is 6.08 Å². The van der Waals surface area contributed by atoms with Crippen LogP contribution in [0.5, 0.6) is 0 Å². The van der Waals surface area contributed by atoms with Crippen molar-refractivity contribution in [3.8, 4) is 0 Å². The number of hydrogen-bond donors (Lipinski definition) is 0. The summed E-state index contributed by atoms with van der Waals surface area (Å²) >= 11 is 0.823. The molecule has 22 heavy (non-hydrogen) atoms. The lowest BCUT2D eigenvalue weighted by Gasteiger charge is -2.21. The second-order valence-corrected chi connectivity index (χ2v) is 5.78. The number of thioether (sulfide) groups is 1. The van der Waals surface area contributed by atoms with Crippen LogP contribution in [0, 0.1) is 6.92 Å². The highest BCUT2D eigenvalue weighted by molar-refractivity contribution is 8.18. The van der Waals surface area contributed by atoms with Gasteiger partial charge in [0.05, 0.1) is 4.91 Å². The first-order valence-corrected chi connectivity index (χ1v) is 7.87. The van der Waals surface area contributed by atoms with Gasteiger partial charge in [0.15, 0.2) is 0 Å². The molecule has 7 heteroatoms. The number of amides is 3. The quantitative estimate of drug-likeness (QED) is 0.779. The smallest absolute Gasteiger partial charge is 0.294 e. The largest absolute Gasteiger partial charge is 0.462 e. The van der Waals surface area contributed by atoms with E-state index in [1.807, 2.05) is 13.8 Å². The zero-order valence-corrected chi connectivity index (χ0v) is 13.6. The standard InChI is InChI=1S/C15H18N2O4S/c1-4-16(5-2)13(18)9-17-14(19)12(22-15(17)20)8-11-7-6-10(3)21-11/h6-8H,4-5,9H2,1-3H3/b12-8-. The molecule has 118 valence electrons. The molecule has 0 aromatic carbocycles. The average Bonchev–Trinajstić information content (AvgIpc) is 2.99. The van der Waals surface area contributed by atoms with Gasteiger partial charge in [-0.1, -0.05) is 0 Å². The number of rotatable bonds is 5. The van der Waals surface area contributed by atoms with Crippen LogP contribution in [0.1, 0.15) is 25.4 Å². The summed E-state index contributed by atoms with van der Waals surface area (Å²) in [6.45, 7) is 6.38. The van der Waals surface area contributed by atoms with Crippen LogP contribution in [0.3, 0.4) is 0 Å². The molecular formula is C15H18N2O4S. The summed E-state index contributed by atoms with van der Waals surface area (Å²) in [7, 11) is 0. The fourth-order valence-electron chi connectivity index (χ4n) is 2.11. The molecule has 1 fully saturated rings. The molecule has 2 rings (SSSR count). The Bertz CT molecular complexity index is 631. The van der Waals surface area contributed by atoms with Crippen LogP contribution in [0.4, 0.5) is 4.79 Å². The molecule has 0 unspecified atom stereocenters. The van der Waals surface area contributed by atoms with E-state index in [2.05, 4.69) is 0 Å². The lowest BCUT2D eigenvalue weighted by molar-refractivity contribution is -0.135. The van der Waals surface area contributed by atoms with Crippen LogP contribution < -0.4 is 0 Å². The van der Waals surface area contributed by atoms with Crippen molar-refractivity contribution in [2.24, 2.45) is 0 Å². The Labute approximate surface area is 133 Å². The lowest BCUT2D eigenvalue weighted by atomic mass is 10.3. The van der Waals surface area contributed by atoms with Crippen molar-refractivity contribution in [2.75, 3.05) is 19.6 Å². The highest BCUT2D eigenvalue weighted by Crippen LogP contribution is 2.32. The number of imide groups is 1. The third-order valence-electron chi connectivity index (χ3n) is 3.32. The third kappa shape index (κ3) is 3.41. The van der Waals surface area contributed by atoms with Crippen LogP contribution in [0.2, 0.25) is 0 Å². The molecule has 0 aliphatic carbocycles. The van der Waals surface area contributed by atoms with Gasteiger partial charge in [-0.2, -0.15) is 0 Å². The first-order valence-electron chi connectivity index (χ1n) is 7.05. The highest BCUT2D eigenvalue weighted by atomic mass is 32.2. The second kappa shape index (κ2) is 6.83. The predicted octanol–water partition coefficient (Wildman–Crippen LogP) is 2.49. The Balaban J connectivity index is 2.12. The van der Waals surface area contributed by atoms with Crippen LogP contribution in [-0.2, 0) is 9.59 Å². The Morgan fingerprint density at radius 3 is 2.55 bits per heavy atom. The van der Waals surface area contributed by atoms with Gasteiger partial charge in [-0.3, -0.25) is 19.3 Å². The number of aryl methyl sites for hydroxylation is 1. The Morgan fingerprint density at radius 2 is 2.00 bits per heavy atom. The number of hydrogen-bond acceptors (Lipinski definition) is 5. The van der Waals surface area contributed by atoms with E-state index in [9.17, 15) is 14.4 Å². The third-order valence-corrected chi connectivity index (χ3v) is 4.23. The molecule has 1 aromatic heterocycles. The maximum Gasteiger partial charge on any atom is 0.294 e. The topological polar surface area (TPSA) is 70.8 Å². The van der Waals surface area contributed by atoms with Gasteiger partial charge in [0.1, 0.15) is 18.1 Å². The summed E-state index contributed by atoms with van der Waals surface area (Å²) in [6, 6.07) is 3.50. The minimum Gasteiger partial charge on any atom is -0.462 e. The summed E-state index contributed by atoms with van der Waals surface area (Å²) in [5.74, 6) is 0.548. The Morgan fingerprint density at radius 1 is 1.32 bits per heavy atom. The van der Waals surface area contributed by atoms with Crippen LogP contribution >= 0.6 is 11.8 Å². The zero-order chi connectivity index (χ0) is 16.3. The molecular weight excluding hydrogens is 304 g/mol. The fourth-order valence-corrected chi connectivity index (χ4v) is 2.93. The molecule has 0 atom stereocenters. The van der Waals surface area contributed by atoms with E-state index in [4.69, 9.17) is 4.42 Å². The summed E-state index contributed by atoms with van der Waals surface area (Å²) in [6.07, 6.45) is 1.53. The molecule has 3 amide bonds. The van der Waals surface area contributed by atoms with Gasteiger partial charge in [0.2, 0.25) is 5.91 Å². The van der Waals surface area contributed by atoms with Crippen molar-refractivity contribution < 1.29 is 18.8 Å². The van der Waals surface area contributed by atoms with Gasteiger partial charge in [-0.15, -0.1) is 0 Å². The molecule has 1 saturated heterocycles. The SMILES string of the molecule is CCN(CC)C(=O)CN1C(=O)S/C(=C\c2ccc(C)o2)C1=O. The maximum atomic E-state index is 12.3. The monoisotopic (exact) mass is 322 g/mol. The number of likely N-dealkylation sites (N-methyl/N-ethyl adjacent to an activating group) is 1. The maximum absolute atomic E-state index is 12.3.